The van der Waals surface area contributed by atoms with E-state index in [0.717, 1.165) is 24.0 Å². The molecule has 0 radical (unpaired) electrons. The van der Waals surface area contributed by atoms with Crippen molar-refractivity contribution in [3.05, 3.63) is 95.0 Å². The molecule has 200 valence electrons. The maximum Gasteiger partial charge on any atom is 0.416 e. The topological polar surface area (TPSA) is 107 Å². The van der Waals surface area contributed by atoms with Crippen LogP contribution in [0.4, 0.5) is 13.2 Å². The fourth-order valence-corrected chi connectivity index (χ4v) is 4.62. The summed E-state index contributed by atoms with van der Waals surface area (Å²) in [6.45, 7) is 0.229. The number of hydrogen-bond donors (Lipinski definition) is 1. The van der Waals surface area contributed by atoms with E-state index in [0.29, 0.717) is 16.5 Å². The fourth-order valence-electron chi connectivity index (χ4n) is 4.05. The largest absolute Gasteiger partial charge is 0.416 e. The Morgan fingerprint density at radius 2 is 1.79 bits per heavy atom. The standard InChI is InChI=1S/C26H18ClF3N4O4S/c1-39(36,37)33-25(35)23-20-9-10-34(13-19-12-21(32-38-19)15-5-7-18(27)8-6-15)14-22(20)31-24(23)16-3-2-4-17(11-16)26(28,29)30/h2-12,14H,13H2,1H3,(H,33,35). The molecule has 0 spiro atoms. The van der Waals surface area contributed by atoms with Gasteiger partial charge in [-0.2, -0.15) is 13.2 Å². The van der Waals surface area contributed by atoms with Crippen molar-refractivity contribution in [2.45, 2.75) is 12.7 Å². The highest BCUT2D eigenvalue weighted by Crippen LogP contribution is 2.37. The number of aromatic nitrogens is 3. The molecule has 1 aromatic heterocycles. The quantitative estimate of drug-likeness (QED) is 0.278. The Morgan fingerprint density at radius 1 is 1.05 bits per heavy atom. The monoisotopic (exact) mass is 574 g/mol. The van der Waals surface area contributed by atoms with Crippen LogP contribution in [0.2, 0.25) is 5.02 Å². The smallest absolute Gasteiger partial charge is 0.359 e. The van der Waals surface area contributed by atoms with Gasteiger partial charge in [-0.25, -0.2) is 18.1 Å². The van der Waals surface area contributed by atoms with Crippen LogP contribution >= 0.6 is 11.6 Å². The highest BCUT2D eigenvalue weighted by molar-refractivity contribution is 7.89. The second kappa shape index (κ2) is 9.86. The molecule has 0 saturated carbocycles. The Labute approximate surface area is 225 Å². The van der Waals surface area contributed by atoms with Crippen LogP contribution in [-0.2, 0) is 22.7 Å². The number of nitrogens with zero attached hydrogens (tertiary/aromatic N) is 3. The molecule has 0 atom stereocenters. The van der Waals surface area contributed by atoms with Crippen LogP contribution in [0.25, 0.3) is 33.8 Å². The number of amides is 1. The molecule has 0 fully saturated rings. The van der Waals surface area contributed by atoms with Crippen molar-refractivity contribution in [2.24, 2.45) is 0 Å². The number of benzene rings is 2. The molecule has 3 heterocycles. The summed E-state index contributed by atoms with van der Waals surface area (Å²) in [4.78, 5) is 17.4. The average molecular weight is 575 g/mol. The number of sulfonamides is 1. The molecule has 2 aliphatic heterocycles. The minimum absolute atomic E-state index is 0.00840. The van der Waals surface area contributed by atoms with E-state index in [4.69, 9.17) is 16.1 Å². The second-order valence-corrected chi connectivity index (χ2v) is 10.9. The molecule has 3 aromatic rings. The molecule has 13 heteroatoms. The first-order valence-electron chi connectivity index (χ1n) is 11.3. The van der Waals surface area contributed by atoms with Gasteiger partial charge in [0.1, 0.15) is 5.69 Å². The number of pyridine rings is 1. The van der Waals surface area contributed by atoms with Gasteiger partial charge in [-0.15, -0.1) is 0 Å². The molecular weight excluding hydrogens is 557 g/mol. The molecule has 1 amide bonds. The molecule has 2 aromatic carbocycles. The first-order valence-corrected chi connectivity index (χ1v) is 13.5. The van der Waals surface area contributed by atoms with E-state index in [1.54, 1.807) is 47.3 Å². The number of halogens is 4. The van der Waals surface area contributed by atoms with Crippen molar-refractivity contribution in [1.29, 1.82) is 0 Å². The number of nitrogens with one attached hydrogen (secondary N) is 1. The molecular formula is C26H18ClF3N4O4S. The van der Waals surface area contributed by atoms with Gasteiger partial charge in [0, 0.05) is 40.2 Å². The van der Waals surface area contributed by atoms with Crippen molar-refractivity contribution in [3.63, 3.8) is 0 Å². The lowest BCUT2D eigenvalue weighted by atomic mass is 10.0. The summed E-state index contributed by atoms with van der Waals surface area (Å²) in [5.41, 5.74) is 0.764. The maximum absolute atomic E-state index is 13.4. The lowest BCUT2D eigenvalue weighted by Crippen LogP contribution is -2.29. The van der Waals surface area contributed by atoms with Gasteiger partial charge in [0.2, 0.25) is 10.0 Å². The number of carbonyl (C=O) groups excluding carboxylic acids is 1. The van der Waals surface area contributed by atoms with E-state index in [1.165, 1.54) is 18.2 Å². The predicted octanol–water partition coefficient (Wildman–Crippen LogP) is 5.72. The van der Waals surface area contributed by atoms with Crippen molar-refractivity contribution >= 4 is 27.5 Å². The van der Waals surface area contributed by atoms with Crippen LogP contribution in [0.3, 0.4) is 0 Å². The van der Waals surface area contributed by atoms with Crippen molar-refractivity contribution < 1.29 is 30.9 Å². The predicted molar refractivity (Wildman–Crippen MR) is 138 cm³/mol. The first kappa shape index (κ1) is 26.4. The van der Waals surface area contributed by atoms with E-state index in [2.05, 4.69) is 10.1 Å². The Hall–Kier alpha value is -4.16. The number of hydrogen-bond acceptors (Lipinski definition) is 6. The highest BCUT2D eigenvalue weighted by Gasteiger charge is 2.32. The molecule has 0 aliphatic carbocycles. The van der Waals surface area contributed by atoms with Crippen LogP contribution in [0.5, 0.6) is 0 Å². The van der Waals surface area contributed by atoms with Crippen LogP contribution in [0.1, 0.15) is 21.7 Å². The fraction of sp³-hybridized carbons (Fsp3) is 0.115. The van der Waals surface area contributed by atoms with Gasteiger partial charge in [0.25, 0.3) is 5.91 Å². The highest BCUT2D eigenvalue weighted by atomic mass is 35.5. The zero-order valence-corrected chi connectivity index (χ0v) is 21.6. The van der Waals surface area contributed by atoms with E-state index in [-0.39, 0.29) is 34.6 Å². The van der Waals surface area contributed by atoms with Gasteiger partial charge in [0.15, 0.2) is 5.76 Å². The van der Waals surface area contributed by atoms with Gasteiger partial charge in [-0.1, -0.05) is 41.0 Å². The van der Waals surface area contributed by atoms with Gasteiger partial charge < -0.3 is 9.09 Å². The van der Waals surface area contributed by atoms with Crippen molar-refractivity contribution in [2.75, 3.05) is 6.26 Å². The average Bonchev–Trinajstić information content (AvgIpc) is 3.47. The normalized spacial score (nSPS) is 12.1. The molecule has 39 heavy (non-hydrogen) atoms. The zero-order valence-electron chi connectivity index (χ0n) is 20.0. The summed E-state index contributed by atoms with van der Waals surface area (Å²) in [5.74, 6) is -0.503. The van der Waals surface area contributed by atoms with Crippen molar-refractivity contribution in [3.8, 4) is 33.8 Å². The molecule has 0 bridgehead atoms. The SMILES string of the molecule is CS(=O)(=O)NC(=O)c1c2ccn(Cc3cc(-c4ccc(Cl)cc4)no3)cc-2nc1-c1cccc(C(F)(F)F)c1. The second-order valence-electron chi connectivity index (χ2n) is 8.72. The molecule has 1 N–H and O–H groups in total. The third-order valence-electron chi connectivity index (χ3n) is 5.74. The van der Waals surface area contributed by atoms with Gasteiger partial charge in [-0.05, 0) is 30.3 Å². The van der Waals surface area contributed by atoms with E-state index in [9.17, 15) is 26.4 Å². The third kappa shape index (κ3) is 5.81. The first-order chi connectivity index (χ1) is 18.4. The summed E-state index contributed by atoms with van der Waals surface area (Å²) in [6.07, 6.45) is -0.630. The number of alkyl halides is 3. The maximum atomic E-state index is 13.4. The molecule has 0 saturated heterocycles. The van der Waals surface area contributed by atoms with E-state index >= 15 is 0 Å². The summed E-state index contributed by atoms with van der Waals surface area (Å²) >= 11 is 5.93. The van der Waals surface area contributed by atoms with Crippen molar-refractivity contribution in [1.82, 2.24) is 19.4 Å². The van der Waals surface area contributed by atoms with Gasteiger partial charge >= 0.3 is 6.18 Å². The summed E-state index contributed by atoms with van der Waals surface area (Å²) in [7, 11) is -3.96. The lowest BCUT2D eigenvalue weighted by Gasteiger charge is -2.10. The minimum Gasteiger partial charge on any atom is -0.359 e. The molecule has 0 unspecified atom stereocenters. The number of rotatable bonds is 6. The Kier molecular flexibility index (Phi) is 6.69. The summed E-state index contributed by atoms with van der Waals surface area (Å²) in [6, 6.07) is 14.7. The summed E-state index contributed by atoms with van der Waals surface area (Å²) in [5, 5.41) is 4.65. The minimum atomic E-state index is -4.62. The lowest BCUT2D eigenvalue weighted by molar-refractivity contribution is -0.137. The molecule has 8 nitrogen and oxygen atoms in total. The van der Waals surface area contributed by atoms with E-state index < -0.39 is 27.7 Å². The number of fused-ring (bicyclic) bond motifs is 1. The van der Waals surface area contributed by atoms with Gasteiger partial charge in [0.05, 0.1) is 35.3 Å². The Morgan fingerprint density at radius 3 is 2.49 bits per heavy atom. The van der Waals surface area contributed by atoms with Crippen LogP contribution in [0.15, 0.2) is 77.6 Å². The Bertz CT molecular complexity index is 1760. The van der Waals surface area contributed by atoms with Crippen LogP contribution < -0.4 is 4.72 Å². The van der Waals surface area contributed by atoms with E-state index in [1.807, 2.05) is 4.72 Å². The molecule has 2 aliphatic rings. The van der Waals surface area contributed by atoms with Gasteiger partial charge in [-0.3, -0.25) is 4.79 Å². The number of carbonyl (C=O) groups is 1. The Balaban J connectivity index is 1.54. The third-order valence-corrected chi connectivity index (χ3v) is 6.55. The molecule has 5 rings (SSSR count). The summed E-state index contributed by atoms with van der Waals surface area (Å²) < 4.78 is 72.6. The van der Waals surface area contributed by atoms with Crippen LogP contribution in [0, 0.1) is 0 Å². The van der Waals surface area contributed by atoms with Crippen LogP contribution in [-0.4, -0.2) is 35.3 Å². The zero-order chi connectivity index (χ0) is 27.9.